The lowest BCUT2D eigenvalue weighted by atomic mass is 9.92. The van der Waals surface area contributed by atoms with Gasteiger partial charge in [-0.3, -0.25) is 0 Å². The third kappa shape index (κ3) is 5.35. The average molecular weight is 796 g/mol. The van der Waals surface area contributed by atoms with Gasteiger partial charge in [-0.15, -0.1) is 0 Å². The largest absolute Gasteiger partial charge is 0.456 e. The fourth-order valence-corrected chi connectivity index (χ4v) is 9.82. The average Bonchev–Trinajstić information content (AvgIpc) is 3.98. The molecular formula is C57H37N3O2. The lowest BCUT2D eigenvalue weighted by Crippen LogP contribution is -2.17. The molecule has 0 saturated heterocycles. The zero-order valence-electron chi connectivity index (χ0n) is 33.8. The number of nitrogens with zero attached hydrogens (tertiary/aromatic N) is 3. The molecule has 0 spiro atoms. The number of rotatable bonds is 4. The first-order valence-electron chi connectivity index (χ1n) is 21.3. The third-order valence-electron chi connectivity index (χ3n) is 12.8. The zero-order chi connectivity index (χ0) is 40.9. The third-order valence-corrected chi connectivity index (χ3v) is 12.8. The summed E-state index contributed by atoms with van der Waals surface area (Å²) >= 11 is 0. The van der Waals surface area contributed by atoms with Crippen LogP contribution >= 0.6 is 0 Å². The monoisotopic (exact) mass is 795 g/mol. The quantitative estimate of drug-likeness (QED) is 0.178. The van der Waals surface area contributed by atoms with E-state index in [-0.39, 0.29) is 5.92 Å². The Bertz CT molecular complexity index is 3920. The molecule has 4 heterocycles. The van der Waals surface area contributed by atoms with E-state index in [1.165, 1.54) is 21.5 Å². The maximum atomic E-state index is 6.65. The lowest BCUT2D eigenvalue weighted by Gasteiger charge is -2.20. The van der Waals surface area contributed by atoms with Crippen molar-refractivity contribution in [3.63, 3.8) is 0 Å². The molecule has 13 rings (SSSR count). The fraction of sp³-hybridized carbons (Fsp3) is 0.0526. The second kappa shape index (κ2) is 13.5. The molecule has 12 aromatic rings. The molecule has 3 aromatic heterocycles. The standard InChI is InChI=1S/C57H37N3O2/c1-34-25-28-48(58-57(44-21-12-16-35-13-4-5-17-39(35)44)59-56(34)38-26-27-43-41-19-7-10-23-52(41)61-54(43)31-38)47-33-55-46(42-20-8-11-24-53(42)62-55)32-51(47)60-49-22-9-6-18-40(49)45-29-36-14-2-3-15-37(36)30-50(45)60/h2-24,26-34H,25H2,1H3/b48-28+,58-57-,59-56+. The van der Waals surface area contributed by atoms with E-state index in [9.17, 15) is 0 Å². The molecule has 9 aromatic carbocycles. The molecule has 62 heavy (non-hydrogen) atoms. The van der Waals surface area contributed by atoms with Crippen molar-refractivity contribution in [1.82, 2.24) is 4.57 Å². The van der Waals surface area contributed by atoms with Crippen molar-refractivity contribution in [1.29, 1.82) is 0 Å². The van der Waals surface area contributed by atoms with Gasteiger partial charge in [0.15, 0.2) is 5.84 Å². The number of hydrogen-bond acceptors (Lipinski definition) is 4. The number of hydrogen-bond donors (Lipinski definition) is 0. The van der Waals surface area contributed by atoms with Crippen LogP contribution in [0.15, 0.2) is 207 Å². The zero-order valence-corrected chi connectivity index (χ0v) is 33.8. The van der Waals surface area contributed by atoms with Gasteiger partial charge in [-0.05, 0) is 82.6 Å². The van der Waals surface area contributed by atoms with E-state index in [0.717, 1.165) is 99.5 Å². The Morgan fingerprint density at radius 1 is 0.452 bits per heavy atom. The maximum absolute atomic E-state index is 6.65. The van der Waals surface area contributed by atoms with Crippen LogP contribution in [0.4, 0.5) is 0 Å². The summed E-state index contributed by atoms with van der Waals surface area (Å²) in [6, 6.07) is 64.5. The van der Waals surface area contributed by atoms with Crippen LogP contribution in [-0.2, 0) is 0 Å². The molecule has 5 heteroatoms. The van der Waals surface area contributed by atoms with Gasteiger partial charge >= 0.3 is 0 Å². The molecular weight excluding hydrogens is 759 g/mol. The first-order chi connectivity index (χ1) is 30.6. The summed E-state index contributed by atoms with van der Waals surface area (Å²) in [5, 5.41) is 11.4. The molecule has 0 saturated carbocycles. The van der Waals surface area contributed by atoms with Crippen molar-refractivity contribution >= 4 is 104 Å². The van der Waals surface area contributed by atoms with Crippen molar-refractivity contribution in [2.45, 2.75) is 13.3 Å². The van der Waals surface area contributed by atoms with E-state index in [1.54, 1.807) is 0 Å². The lowest BCUT2D eigenvalue weighted by molar-refractivity contribution is 0.668. The van der Waals surface area contributed by atoms with Crippen LogP contribution in [0.1, 0.15) is 30.0 Å². The summed E-state index contributed by atoms with van der Waals surface area (Å²) in [6.45, 7) is 2.27. The molecule has 5 nitrogen and oxygen atoms in total. The number of aromatic nitrogens is 1. The molecule has 0 N–H and O–H groups in total. The van der Waals surface area contributed by atoms with E-state index >= 15 is 0 Å². The molecule has 0 aliphatic carbocycles. The number of allylic oxidation sites excluding steroid dienone is 1. The minimum atomic E-state index is 0.0466. The highest BCUT2D eigenvalue weighted by Crippen LogP contribution is 2.42. The van der Waals surface area contributed by atoms with Crippen molar-refractivity contribution < 1.29 is 8.83 Å². The van der Waals surface area contributed by atoms with Gasteiger partial charge in [0.05, 0.1) is 28.1 Å². The highest BCUT2D eigenvalue weighted by atomic mass is 16.3. The molecule has 0 bridgehead atoms. The molecule has 1 unspecified atom stereocenters. The molecule has 1 aliphatic heterocycles. The predicted molar refractivity (Wildman–Crippen MR) is 258 cm³/mol. The van der Waals surface area contributed by atoms with E-state index in [2.05, 4.69) is 175 Å². The number of benzene rings is 9. The molecule has 0 amide bonds. The Kier molecular flexibility index (Phi) is 7.58. The van der Waals surface area contributed by atoms with E-state index in [1.807, 2.05) is 24.3 Å². The first-order valence-corrected chi connectivity index (χ1v) is 21.3. The van der Waals surface area contributed by atoms with Crippen molar-refractivity contribution in [3.8, 4) is 5.69 Å². The minimum absolute atomic E-state index is 0.0466. The summed E-state index contributed by atoms with van der Waals surface area (Å²) in [5.74, 6) is 0.702. The van der Waals surface area contributed by atoms with Crippen molar-refractivity contribution in [2.24, 2.45) is 15.9 Å². The number of furan rings is 2. The SMILES string of the molecule is CC1C/C=C(c2cc3oc4ccccc4c3cc2-n2c3ccccc3c3cc4ccccc4cc32)/N=C(c2cccc3ccccc23)\N=C/1c1ccc2c(c1)oc1ccccc12. The summed E-state index contributed by atoms with van der Waals surface area (Å²) in [7, 11) is 0. The van der Waals surface area contributed by atoms with Gasteiger partial charge in [0.25, 0.3) is 0 Å². The van der Waals surface area contributed by atoms with Gasteiger partial charge < -0.3 is 13.4 Å². The second-order valence-electron chi connectivity index (χ2n) is 16.5. The van der Waals surface area contributed by atoms with Crippen LogP contribution in [0, 0.1) is 5.92 Å². The minimum Gasteiger partial charge on any atom is -0.456 e. The van der Waals surface area contributed by atoms with Crippen LogP contribution in [0.2, 0.25) is 0 Å². The molecule has 1 aliphatic rings. The summed E-state index contributed by atoms with van der Waals surface area (Å²) in [5.41, 5.74) is 11.5. The molecule has 0 radical (unpaired) electrons. The van der Waals surface area contributed by atoms with Crippen LogP contribution in [0.3, 0.4) is 0 Å². The summed E-state index contributed by atoms with van der Waals surface area (Å²) in [4.78, 5) is 11.3. The van der Waals surface area contributed by atoms with Crippen LogP contribution in [-0.4, -0.2) is 16.1 Å². The Labute approximate surface area is 356 Å². The number of para-hydroxylation sites is 3. The number of amidine groups is 1. The predicted octanol–water partition coefficient (Wildman–Crippen LogP) is 15.2. The number of aliphatic imine (C=N–C) groups is 2. The highest BCUT2D eigenvalue weighted by Gasteiger charge is 2.25. The van der Waals surface area contributed by atoms with Gasteiger partial charge in [-0.25, -0.2) is 9.98 Å². The Morgan fingerprint density at radius 2 is 1.08 bits per heavy atom. The number of fused-ring (bicyclic) bond motifs is 11. The van der Waals surface area contributed by atoms with Crippen molar-refractivity contribution in [3.05, 3.63) is 205 Å². The second-order valence-corrected chi connectivity index (χ2v) is 16.5. The topological polar surface area (TPSA) is 55.9 Å². The van der Waals surface area contributed by atoms with Gasteiger partial charge in [-0.1, -0.05) is 140 Å². The van der Waals surface area contributed by atoms with E-state index in [0.29, 0.717) is 12.3 Å². The van der Waals surface area contributed by atoms with Gasteiger partial charge in [0.2, 0.25) is 0 Å². The van der Waals surface area contributed by atoms with E-state index in [4.69, 9.17) is 18.8 Å². The van der Waals surface area contributed by atoms with Gasteiger partial charge in [0, 0.05) is 54.9 Å². The summed E-state index contributed by atoms with van der Waals surface area (Å²) < 4.78 is 15.5. The van der Waals surface area contributed by atoms with Crippen LogP contribution in [0.25, 0.3) is 98.6 Å². The molecule has 1 atom stereocenters. The van der Waals surface area contributed by atoms with Gasteiger partial charge in [0.1, 0.15) is 22.3 Å². The first kappa shape index (κ1) is 34.8. The summed E-state index contributed by atoms with van der Waals surface area (Å²) in [6.07, 6.45) is 3.02. The van der Waals surface area contributed by atoms with Crippen molar-refractivity contribution in [2.75, 3.05) is 0 Å². The smallest absolute Gasteiger partial charge is 0.160 e. The molecule has 0 fully saturated rings. The van der Waals surface area contributed by atoms with Crippen LogP contribution in [0.5, 0.6) is 0 Å². The Balaban J connectivity index is 1.10. The maximum Gasteiger partial charge on any atom is 0.160 e. The normalized spacial score (nSPS) is 17.4. The molecule has 292 valence electrons. The van der Waals surface area contributed by atoms with Crippen LogP contribution < -0.4 is 0 Å². The highest BCUT2D eigenvalue weighted by molar-refractivity contribution is 6.20. The Hall–Kier alpha value is -8.02. The van der Waals surface area contributed by atoms with Gasteiger partial charge in [-0.2, -0.15) is 0 Å². The Morgan fingerprint density at radius 3 is 1.89 bits per heavy atom. The fourth-order valence-electron chi connectivity index (χ4n) is 9.82. The van der Waals surface area contributed by atoms with E-state index < -0.39 is 0 Å².